The molecule has 0 aliphatic rings. The molecule has 0 aliphatic heterocycles. The Kier molecular flexibility index (Phi) is 4.11. The summed E-state index contributed by atoms with van der Waals surface area (Å²) in [4.78, 5) is 21.7. The second-order valence-corrected chi connectivity index (χ2v) is 3.57. The van der Waals surface area contributed by atoms with Crippen molar-refractivity contribution >= 4 is 29.5 Å². The summed E-state index contributed by atoms with van der Waals surface area (Å²) in [5, 5.41) is 2.04. The Hall–Kier alpha value is -1.56. The lowest BCUT2D eigenvalue weighted by Crippen LogP contribution is -2.21. The van der Waals surface area contributed by atoms with Crippen molar-refractivity contribution in [2.45, 2.75) is 12.6 Å². The van der Waals surface area contributed by atoms with E-state index < -0.39 is 18.5 Å². The predicted molar refractivity (Wildman–Crippen MR) is 56.1 cm³/mol. The maximum absolute atomic E-state index is 11.9. The number of hydrogen-bond acceptors (Lipinski definition) is 2. The van der Waals surface area contributed by atoms with Crippen LogP contribution < -0.4 is 5.32 Å². The van der Waals surface area contributed by atoms with Crippen LogP contribution >= 0.6 is 11.6 Å². The van der Waals surface area contributed by atoms with Gasteiger partial charge in [0.1, 0.15) is 6.42 Å². The van der Waals surface area contributed by atoms with Crippen molar-refractivity contribution in [3.05, 3.63) is 28.8 Å². The Balaban J connectivity index is 2.85. The fraction of sp³-hybridized carbons (Fsp3) is 0.200. The van der Waals surface area contributed by atoms with E-state index in [9.17, 15) is 22.8 Å². The number of alkyl halides is 3. The molecule has 0 aromatic heterocycles. The lowest BCUT2D eigenvalue weighted by Gasteiger charge is -2.10. The van der Waals surface area contributed by atoms with Gasteiger partial charge >= 0.3 is 6.18 Å². The molecule has 3 nitrogen and oxygen atoms in total. The monoisotopic (exact) mass is 265 g/mol. The highest BCUT2D eigenvalue weighted by Crippen LogP contribution is 2.24. The highest BCUT2D eigenvalue weighted by Gasteiger charge is 2.31. The van der Waals surface area contributed by atoms with Gasteiger partial charge in [-0.25, -0.2) is 0 Å². The van der Waals surface area contributed by atoms with Crippen LogP contribution in [0.15, 0.2) is 18.2 Å². The van der Waals surface area contributed by atoms with Gasteiger partial charge in [-0.15, -0.1) is 0 Å². The highest BCUT2D eigenvalue weighted by atomic mass is 35.5. The Labute approximate surface area is 99.6 Å². The smallest absolute Gasteiger partial charge is 0.325 e. The molecule has 0 saturated heterocycles. The van der Waals surface area contributed by atoms with Crippen LogP contribution in [0.2, 0.25) is 5.02 Å². The van der Waals surface area contributed by atoms with Gasteiger partial charge in [0.15, 0.2) is 6.29 Å². The Morgan fingerprint density at radius 3 is 2.59 bits per heavy atom. The molecule has 1 amide bonds. The van der Waals surface area contributed by atoms with E-state index in [-0.39, 0.29) is 16.3 Å². The number of amides is 1. The van der Waals surface area contributed by atoms with Crippen molar-refractivity contribution in [1.82, 2.24) is 0 Å². The molecule has 7 heteroatoms. The van der Waals surface area contributed by atoms with Gasteiger partial charge < -0.3 is 5.32 Å². The van der Waals surface area contributed by atoms with E-state index in [0.29, 0.717) is 6.29 Å². The van der Waals surface area contributed by atoms with Crippen molar-refractivity contribution in [3.8, 4) is 0 Å². The number of benzene rings is 1. The molecule has 1 aromatic rings. The molecule has 17 heavy (non-hydrogen) atoms. The zero-order valence-electron chi connectivity index (χ0n) is 8.34. The molecule has 1 aromatic carbocycles. The number of hydrogen-bond donors (Lipinski definition) is 1. The average Bonchev–Trinajstić information content (AvgIpc) is 2.14. The first-order valence-electron chi connectivity index (χ1n) is 4.44. The summed E-state index contributed by atoms with van der Waals surface area (Å²) in [5.41, 5.74) is -0.0913. The molecule has 0 spiro atoms. The first-order valence-corrected chi connectivity index (χ1v) is 4.81. The number of nitrogens with one attached hydrogen (secondary N) is 1. The Bertz CT molecular complexity index is 446. The predicted octanol–water partition coefficient (Wildman–Crippen LogP) is 3.04. The molecule has 0 atom stereocenters. The van der Waals surface area contributed by atoms with Crippen molar-refractivity contribution in [3.63, 3.8) is 0 Å². The maximum Gasteiger partial charge on any atom is 0.397 e. The number of carbonyl (C=O) groups excluding carboxylic acids is 2. The molecule has 0 unspecified atom stereocenters. The first kappa shape index (κ1) is 13.5. The molecule has 0 radical (unpaired) electrons. The van der Waals surface area contributed by atoms with E-state index in [4.69, 9.17) is 11.6 Å². The van der Waals surface area contributed by atoms with E-state index in [1.807, 2.05) is 5.32 Å². The van der Waals surface area contributed by atoms with Crippen LogP contribution in [0.1, 0.15) is 16.8 Å². The molecule has 0 heterocycles. The SMILES string of the molecule is O=Cc1c(Cl)cccc1NC(=O)CC(F)(F)F. The minimum Gasteiger partial charge on any atom is -0.325 e. The van der Waals surface area contributed by atoms with Crippen molar-refractivity contribution in [2.75, 3.05) is 5.32 Å². The van der Waals surface area contributed by atoms with Crippen molar-refractivity contribution < 1.29 is 22.8 Å². The molecule has 0 bridgehead atoms. The normalized spacial score (nSPS) is 11.1. The van der Waals surface area contributed by atoms with Gasteiger partial charge in [0.2, 0.25) is 5.91 Å². The topological polar surface area (TPSA) is 46.2 Å². The third kappa shape index (κ3) is 4.07. The third-order valence-electron chi connectivity index (χ3n) is 1.81. The average molecular weight is 266 g/mol. The fourth-order valence-corrected chi connectivity index (χ4v) is 1.36. The van der Waals surface area contributed by atoms with Gasteiger partial charge in [0.05, 0.1) is 16.3 Å². The van der Waals surface area contributed by atoms with Gasteiger partial charge in [0.25, 0.3) is 0 Å². The maximum atomic E-state index is 11.9. The summed E-state index contributed by atoms with van der Waals surface area (Å²) in [6.45, 7) is 0. The lowest BCUT2D eigenvalue weighted by atomic mass is 10.2. The first-order chi connectivity index (χ1) is 7.83. The van der Waals surface area contributed by atoms with Gasteiger partial charge in [-0.1, -0.05) is 17.7 Å². The lowest BCUT2D eigenvalue weighted by molar-refractivity contribution is -0.150. The molecule has 0 fully saturated rings. The summed E-state index contributed by atoms with van der Waals surface area (Å²) >= 11 is 5.64. The van der Waals surface area contributed by atoms with Crippen LogP contribution in [0.5, 0.6) is 0 Å². The summed E-state index contributed by atoms with van der Waals surface area (Å²) < 4.78 is 35.7. The third-order valence-corrected chi connectivity index (χ3v) is 2.14. The van der Waals surface area contributed by atoms with Crippen LogP contribution in [0.4, 0.5) is 18.9 Å². The molecule has 0 aliphatic carbocycles. The number of rotatable bonds is 3. The van der Waals surface area contributed by atoms with Crippen LogP contribution in [0.25, 0.3) is 0 Å². The largest absolute Gasteiger partial charge is 0.397 e. The molecular weight excluding hydrogens is 259 g/mol. The fourth-order valence-electron chi connectivity index (χ4n) is 1.14. The standard InChI is InChI=1S/C10H7ClF3NO2/c11-7-2-1-3-8(6(7)5-16)15-9(17)4-10(12,13)14/h1-3,5H,4H2,(H,15,17). The molecule has 92 valence electrons. The van der Waals surface area contributed by atoms with E-state index in [1.165, 1.54) is 18.2 Å². The Morgan fingerprint density at radius 1 is 1.41 bits per heavy atom. The molecule has 1 N–H and O–H groups in total. The van der Waals surface area contributed by atoms with Crippen LogP contribution in [0, 0.1) is 0 Å². The second kappa shape index (κ2) is 5.18. The summed E-state index contributed by atoms with van der Waals surface area (Å²) in [6, 6.07) is 4.10. The zero-order chi connectivity index (χ0) is 13.1. The minimum atomic E-state index is -4.59. The van der Waals surface area contributed by atoms with Gasteiger partial charge in [-0.3, -0.25) is 9.59 Å². The van der Waals surface area contributed by atoms with Crippen molar-refractivity contribution in [2.24, 2.45) is 0 Å². The van der Waals surface area contributed by atoms with E-state index in [1.54, 1.807) is 0 Å². The molecular formula is C10H7ClF3NO2. The van der Waals surface area contributed by atoms with E-state index in [2.05, 4.69) is 0 Å². The number of anilines is 1. The minimum absolute atomic E-state index is 0.0400. The van der Waals surface area contributed by atoms with E-state index in [0.717, 1.165) is 0 Å². The second-order valence-electron chi connectivity index (χ2n) is 3.16. The highest BCUT2D eigenvalue weighted by molar-refractivity contribution is 6.33. The van der Waals surface area contributed by atoms with E-state index >= 15 is 0 Å². The van der Waals surface area contributed by atoms with Crippen molar-refractivity contribution in [1.29, 1.82) is 0 Å². The summed E-state index contributed by atoms with van der Waals surface area (Å²) in [7, 11) is 0. The summed E-state index contributed by atoms with van der Waals surface area (Å²) in [6.07, 6.45) is -5.84. The number of halogens is 4. The number of carbonyl (C=O) groups is 2. The van der Waals surface area contributed by atoms with Gasteiger partial charge in [0, 0.05) is 0 Å². The van der Waals surface area contributed by atoms with Crippen LogP contribution in [0.3, 0.4) is 0 Å². The number of aldehydes is 1. The molecule has 0 saturated carbocycles. The van der Waals surface area contributed by atoms with Crippen LogP contribution in [-0.2, 0) is 4.79 Å². The zero-order valence-corrected chi connectivity index (χ0v) is 9.10. The summed E-state index contributed by atoms with van der Waals surface area (Å²) in [5.74, 6) is -1.25. The molecule has 1 rings (SSSR count). The van der Waals surface area contributed by atoms with Crippen LogP contribution in [-0.4, -0.2) is 18.4 Å². The van der Waals surface area contributed by atoms with Gasteiger partial charge in [-0.2, -0.15) is 13.2 Å². The Morgan fingerprint density at radius 2 is 2.06 bits per heavy atom. The van der Waals surface area contributed by atoms with Gasteiger partial charge in [-0.05, 0) is 12.1 Å². The quantitative estimate of drug-likeness (QED) is 0.854.